The monoisotopic (exact) mass is 432 g/mol. The van der Waals surface area contributed by atoms with Crippen molar-refractivity contribution in [1.29, 1.82) is 0 Å². The fourth-order valence-electron chi connectivity index (χ4n) is 2.60. The molecule has 0 atom stereocenters. The number of halogens is 1. The number of aromatic nitrogens is 2. The van der Waals surface area contributed by atoms with Crippen LogP contribution in [0.25, 0.3) is 11.1 Å². The quantitative estimate of drug-likeness (QED) is 0.615. The van der Waals surface area contributed by atoms with E-state index in [2.05, 4.69) is 15.3 Å². The zero-order chi connectivity index (χ0) is 21.7. The number of nitrogens with one attached hydrogen (secondary N) is 2. The molecule has 3 aromatic rings. The minimum Gasteiger partial charge on any atom is -0.481 e. The summed E-state index contributed by atoms with van der Waals surface area (Å²) in [7, 11) is -1.88. The van der Waals surface area contributed by atoms with E-state index >= 15 is 0 Å². The van der Waals surface area contributed by atoms with Gasteiger partial charge in [0.2, 0.25) is 17.7 Å². The molecule has 9 nitrogen and oxygen atoms in total. The molecule has 0 saturated heterocycles. The van der Waals surface area contributed by atoms with Crippen molar-refractivity contribution in [2.24, 2.45) is 0 Å². The summed E-state index contributed by atoms with van der Waals surface area (Å²) in [6.07, 6.45) is 0. The summed E-state index contributed by atoms with van der Waals surface area (Å²) in [4.78, 5) is 19.4. The highest BCUT2D eigenvalue weighted by Crippen LogP contribution is 2.29. The molecule has 0 saturated carbocycles. The van der Waals surface area contributed by atoms with Crippen LogP contribution in [0.1, 0.15) is 0 Å². The van der Waals surface area contributed by atoms with Crippen LogP contribution < -0.4 is 19.5 Å². The van der Waals surface area contributed by atoms with Crippen molar-refractivity contribution in [2.45, 2.75) is 4.90 Å². The molecule has 0 radical (unpaired) electrons. The normalized spacial score (nSPS) is 10.9. The van der Waals surface area contributed by atoms with Gasteiger partial charge in [0.15, 0.2) is 0 Å². The Balaban J connectivity index is 1.90. The van der Waals surface area contributed by atoms with Gasteiger partial charge in [0, 0.05) is 5.56 Å². The minimum absolute atomic E-state index is 0.0838. The number of nitrogens with zero attached hydrogens (tertiary/aromatic N) is 2. The van der Waals surface area contributed by atoms with Crippen LogP contribution in [0, 0.1) is 5.82 Å². The average molecular weight is 432 g/mol. The first-order chi connectivity index (χ1) is 14.3. The molecular weight excluding hydrogens is 415 g/mol. The second-order valence-corrected chi connectivity index (χ2v) is 7.44. The molecule has 156 valence electrons. The Morgan fingerprint density at radius 3 is 2.20 bits per heavy atom. The number of methoxy groups -OCH3 is 2. The fourth-order valence-corrected chi connectivity index (χ4v) is 3.79. The third-order valence-electron chi connectivity index (χ3n) is 3.87. The summed E-state index contributed by atoms with van der Waals surface area (Å²) >= 11 is 0. The van der Waals surface area contributed by atoms with E-state index in [4.69, 9.17) is 9.47 Å². The van der Waals surface area contributed by atoms with Crippen LogP contribution in [0.3, 0.4) is 0 Å². The van der Waals surface area contributed by atoms with Gasteiger partial charge in [0.1, 0.15) is 10.7 Å². The first kappa shape index (κ1) is 21.0. The average Bonchev–Trinajstić information content (AvgIpc) is 2.73. The van der Waals surface area contributed by atoms with Crippen LogP contribution >= 0.6 is 0 Å². The number of benzene rings is 2. The molecule has 0 aliphatic rings. The number of sulfonamides is 1. The molecular formula is C19H17FN4O5S. The number of amides is 2. The molecule has 3 rings (SSSR count). The zero-order valence-corrected chi connectivity index (χ0v) is 16.7. The maximum Gasteiger partial charge on any atom is 0.335 e. The van der Waals surface area contributed by atoms with Crippen molar-refractivity contribution >= 4 is 22.0 Å². The van der Waals surface area contributed by atoms with Crippen LogP contribution in [0.5, 0.6) is 11.8 Å². The Labute approximate surface area is 171 Å². The van der Waals surface area contributed by atoms with E-state index in [0.717, 1.165) is 6.07 Å². The molecule has 0 fully saturated rings. The molecule has 1 heterocycles. The highest BCUT2D eigenvalue weighted by molar-refractivity contribution is 7.90. The van der Waals surface area contributed by atoms with Gasteiger partial charge in [-0.2, -0.15) is 9.97 Å². The van der Waals surface area contributed by atoms with Gasteiger partial charge in [0.25, 0.3) is 10.0 Å². The number of anilines is 1. The number of hydrogen-bond donors (Lipinski definition) is 2. The van der Waals surface area contributed by atoms with Crippen molar-refractivity contribution in [3.8, 4) is 22.9 Å². The van der Waals surface area contributed by atoms with Gasteiger partial charge in [-0.25, -0.2) is 22.3 Å². The standard InChI is InChI=1S/C19H17FN4O5S/c1-28-15-11-16(29-2)22-18(21-15)23-19(25)24-30(26,27)17-13(9-6-10-14(17)20)12-7-4-3-5-8-12/h3-11H,1-2H3,(H2,21,22,23,24,25). The second-order valence-electron chi connectivity index (χ2n) is 5.82. The second kappa shape index (κ2) is 8.74. The Hall–Kier alpha value is -3.73. The molecule has 30 heavy (non-hydrogen) atoms. The van der Waals surface area contributed by atoms with Crippen molar-refractivity contribution in [3.05, 3.63) is 60.4 Å². The highest BCUT2D eigenvalue weighted by Gasteiger charge is 2.26. The molecule has 2 amide bonds. The predicted octanol–water partition coefficient (Wildman–Crippen LogP) is 2.81. The lowest BCUT2D eigenvalue weighted by Gasteiger charge is -2.13. The predicted molar refractivity (Wildman–Crippen MR) is 106 cm³/mol. The topological polar surface area (TPSA) is 120 Å². The SMILES string of the molecule is COc1cc(OC)nc(NC(=O)NS(=O)(=O)c2c(F)cccc2-c2ccccc2)n1. The lowest BCUT2D eigenvalue weighted by molar-refractivity contribution is 0.256. The van der Waals surface area contributed by atoms with Gasteiger partial charge in [-0.15, -0.1) is 0 Å². The van der Waals surface area contributed by atoms with E-state index in [1.807, 2.05) is 0 Å². The Morgan fingerprint density at radius 2 is 1.60 bits per heavy atom. The highest BCUT2D eigenvalue weighted by atomic mass is 32.2. The number of carbonyl (C=O) groups excluding carboxylic acids is 1. The Morgan fingerprint density at radius 1 is 0.967 bits per heavy atom. The largest absolute Gasteiger partial charge is 0.481 e. The van der Waals surface area contributed by atoms with Crippen molar-refractivity contribution in [1.82, 2.24) is 14.7 Å². The van der Waals surface area contributed by atoms with Crippen molar-refractivity contribution in [3.63, 3.8) is 0 Å². The van der Waals surface area contributed by atoms with Crippen LogP contribution in [-0.2, 0) is 10.0 Å². The summed E-state index contributed by atoms with van der Waals surface area (Å²) in [5, 5.41) is 2.16. The van der Waals surface area contributed by atoms with Gasteiger partial charge >= 0.3 is 6.03 Å². The third-order valence-corrected chi connectivity index (χ3v) is 5.28. The number of urea groups is 1. The van der Waals surface area contributed by atoms with Crippen molar-refractivity contribution < 1.29 is 27.1 Å². The number of hydrogen-bond acceptors (Lipinski definition) is 7. The summed E-state index contributed by atoms with van der Waals surface area (Å²) in [6.45, 7) is 0. The molecule has 2 N–H and O–H groups in total. The molecule has 0 unspecified atom stereocenters. The lowest BCUT2D eigenvalue weighted by Crippen LogP contribution is -2.35. The maximum atomic E-state index is 14.5. The summed E-state index contributed by atoms with van der Waals surface area (Å²) < 4.78 is 51.8. The number of rotatable bonds is 6. The van der Waals surface area contributed by atoms with Crippen LogP contribution in [0.4, 0.5) is 15.1 Å². The van der Waals surface area contributed by atoms with E-state index in [0.29, 0.717) is 5.56 Å². The van der Waals surface area contributed by atoms with Gasteiger partial charge in [-0.05, 0) is 11.6 Å². The van der Waals surface area contributed by atoms with Crippen LogP contribution in [-0.4, -0.2) is 38.6 Å². The Bertz CT molecular complexity index is 1150. The summed E-state index contributed by atoms with van der Waals surface area (Å²) in [5.74, 6) is -1.10. The van der Waals surface area contributed by atoms with Crippen molar-refractivity contribution in [2.75, 3.05) is 19.5 Å². The van der Waals surface area contributed by atoms with Crippen LogP contribution in [0.2, 0.25) is 0 Å². The number of ether oxygens (including phenoxy) is 2. The summed E-state index contributed by atoms with van der Waals surface area (Å²) in [6, 6.07) is 12.4. The van der Waals surface area contributed by atoms with E-state index in [1.54, 1.807) is 35.1 Å². The first-order valence-electron chi connectivity index (χ1n) is 8.49. The van der Waals surface area contributed by atoms with E-state index < -0.39 is 26.8 Å². The maximum absolute atomic E-state index is 14.5. The van der Waals surface area contributed by atoms with Gasteiger partial charge < -0.3 is 9.47 Å². The smallest absolute Gasteiger partial charge is 0.335 e. The van der Waals surface area contributed by atoms with Gasteiger partial charge in [0.05, 0.1) is 20.3 Å². The molecule has 11 heteroatoms. The molecule has 0 bridgehead atoms. The molecule has 2 aromatic carbocycles. The summed E-state index contributed by atoms with van der Waals surface area (Å²) in [5.41, 5.74) is 0.578. The van der Waals surface area contributed by atoms with Gasteiger partial charge in [-0.3, -0.25) is 5.32 Å². The molecule has 1 aromatic heterocycles. The van der Waals surface area contributed by atoms with Crippen LogP contribution in [0.15, 0.2) is 59.5 Å². The van der Waals surface area contributed by atoms with E-state index in [9.17, 15) is 17.6 Å². The van der Waals surface area contributed by atoms with E-state index in [-0.39, 0.29) is 23.3 Å². The molecule has 0 aliphatic carbocycles. The minimum atomic E-state index is -4.58. The lowest BCUT2D eigenvalue weighted by atomic mass is 10.1. The first-order valence-corrected chi connectivity index (χ1v) is 9.97. The Kier molecular flexibility index (Phi) is 6.11. The third kappa shape index (κ3) is 4.63. The fraction of sp³-hybridized carbons (Fsp3) is 0.105. The molecule has 0 spiro atoms. The molecule has 0 aliphatic heterocycles. The van der Waals surface area contributed by atoms with Gasteiger partial charge in [-0.1, -0.05) is 42.5 Å². The van der Waals surface area contributed by atoms with E-state index in [1.165, 1.54) is 32.4 Å². The zero-order valence-electron chi connectivity index (χ0n) is 15.9. The number of carbonyl (C=O) groups is 1.